The second kappa shape index (κ2) is 3.86. The van der Waals surface area contributed by atoms with Crippen LogP contribution in [0.4, 0.5) is 0 Å². The molecule has 0 saturated heterocycles. The van der Waals surface area contributed by atoms with Crippen molar-refractivity contribution in [3.63, 3.8) is 0 Å². The Morgan fingerprint density at radius 1 is 1.50 bits per heavy atom. The highest BCUT2D eigenvalue weighted by atomic mass is 32.1. The molecule has 0 bridgehead atoms. The van der Waals surface area contributed by atoms with Crippen LogP contribution in [0.3, 0.4) is 0 Å². The highest BCUT2D eigenvalue weighted by Crippen LogP contribution is 2.22. The van der Waals surface area contributed by atoms with Crippen molar-refractivity contribution < 1.29 is 0 Å². The fraction of sp³-hybridized carbons (Fsp3) is 0.200. The van der Waals surface area contributed by atoms with Crippen molar-refractivity contribution in [3.05, 3.63) is 46.2 Å². The Morgan fingerprint density at radius 3 is 2.93 bits per heavy atom. The van der Waals surface area contributed by atoms with E-state index < -0.39 is 0 Å². The lowest BCUT2D eigenvalue weighted by Gasteiger charge is -2.07. The summed E-state index contributed by atoms with van der Waals surface area (Å²) in [6.45, 7) is 2.07. The molecule has 1 atom stereocenters. The average molecular weight is 205 g/mol. The van der Waals surface area contributed by atoms with Crippen LogP contribution in [0.15, 0.2) is 30.0 Å². The van der Waals surface area contributed by atoms with Crippen LogP contribution in [0, 0.1) is 6.92 Å². The van der Waals surface area contributed by atoms with E-state index in [2.05, 4.69) is 28.3 Å². The van der Waals surface area contributed by atoms with Gasteiger partial charge in [-0.15, -0.1) is 11.3 Å². The Morgan fingerprint density at radius 2 is 2.36 bits per heavy atom. The summed E-state index contributed by atoms with van der Waals surface area (Å²) in [6.07, 6.45) is 3.23. The lowest BCUT2D eigenvalue weighted by Crippen LogP contribution is -2.12. The number of rotatable bonds is 2. The number of nitrogens with zero attached hydrogens (tertiary/aromatic N) is 2. The number of aromatic nitrogens is 2. The second-order valence-corrected chi connectivity index (χ2v) is 4.22. The fourth-order valence-corrected chi connectivity index (χ4v) is 2.02. The highest BCUT2D eigenvalue weighted by molar-refractivity contribution is 7.10. The van der Waals surface area contributed by atoms with Crippen molar-refractivity contribution in [1.82, 2.24) is 9.97 Å². The molecule has 2 aromatic rings. The quantitative estimate of drug-likeness (QED) is 0.814. The van der Waals surface area contributed by atoms with Gasteiger partial charge in [0.25, 0.3) is 0 Å². The van der Waals surface area contributed by atoms with Gasteiger partial charge in [0.05, 0.1) is 11.7 Å². The molecule has 2 aromatic heterocycles. The molecule has 0 radical (unpaired) electrons. The van der Waals surface area contributed by atoms with E-state index in [1.807, 2.05) is 6.07 Å². The molecule has 0 aliphatic rings. The van der Waals surface area contributed by atoms with Crippen LogP contribution in [-0.2, 0) is 0 Å². The minimum atomic E-state index is -0.136. The van der Waals surface area contributed by atoms with Gasteiger partial charge in [-0.25, -0.2) is 9.97 Å². The van der Waals surface area contributed by atoms with Crippen LogP contribution >= 0.6 is 11.3 Å². The van der Waals surface area contributed by atoms with Gasteiger partial charge in [0, 0.05) is 11.1 Å². The molecule has 0 saturated carbocycles. The maximum Gasteiger partial charge on any atom is 0.115 e. The van der Waals surface area contributed by atoms with Crippen LogP contribution in [0.2, 0.25) is 0 Å². The number of aryl methyl sites for hydroxylation is 1. The number of hydrogen-bond donors (Lipinski definition) is 1. The summed E-state index contributed by atoms with van der Waals surface area (Å²) in [5.74, 6) is 0. The van der Waals surface area contributed by atoms with Crippen LogP contribution in [0.25, 0.3) is 0 Å². The Hall–Kier alpha value is -1.26. The van der Waals surface area contributed by atoms with Crippen molar-refractivity contribution in [2.75, 3.05) is 0 Å². The fourth-order valence-electron chi connectivity index (χ4n) is 1.28. The van der Waals surface area contributed by atoms with E-state index in [4.69, 9.17) is 5.73 Å². The average Bonchev–Trinajstić information content (AvgIpc) is 2.65. The zero-order valence-electron chi connectivity index (χ0n) is 7.84. The lowest BCUT2D eigenvalue weighted by atomic mass is 10.1. The zero-order valence-corrected chi connectivity index (χ0v) is 8.66. The van der Waals surface area contributed by atoms with E-state index in [1.54, 1.807) is 17.5 Å². The molecule has 0 amide bonds. The number of nitrogens with two attached hydrogens (primary N) is 1. The first-order chi connectivity index (χ1) is 6.77. The van der Waals surface area contributed by atoms with Gasteiger partial charge in [-0.1, -0.05) is 0 Å². The molecule has 3 nitrogen and oxygen atoms in total. The summed E-state index contributed by atoms with van der Waals surface area (Å²) in [6, 6.07) is 3.80. The third kappa shape index (κ3) is 1.81. The van der Waals surface area contributed by atoms with Crippen molar-refractivity contribution in [3.8, 4) is 0 Å². The standard InChI is InChI=1S/C10H11N3S/c1-7-4-8(5-14-7)10(11)9-2-3-12-6-13-9/h2-6,10H,11H2,1H3. The summed E-state index contributed by atoms with van der Waals surface area (Å²) >= 11 is 1.70. The van der Waals surface area contributed by atoms with Gasteiger partial charge < -0.3 is 5.73 Å². The van der Waals surface area contributed by atoms with Crippen molar-refractivity contribution >= 4 is 11.3 Å². The topological polar surface area (TPSA) is 51.8 Å². The Bertz CT molecular complexity index is 410. The highest BCUT2D eigenvalue weighted by Gasteiger charge is 2.10. The molecule has 4 heteroatoms. The molecule has 2 heterocycles. The van der Waals surface area contributed by atoms with E-state index in [0.717, 1.165) is 11.3 Å². The van der Waals surface area contributed by atoms with E-state index in [0.29, 0.717) is 0 Å². The Balaban J connectivity index is 2.29. The smallest absolute Gasteiger partial charge is 0.115 e. The maximum atomic E-state index is 6.05. The molecule has 0 fully saturated rings. The summed E-state index contributed by atoms with van der Waals surface area (Å²) in [7, 11) is 0. The molecule has 0 aliphatic carbocycles. The molecule has 14 heavy (non-hydrogen) atoms. The van der Waals surface area contributed by atoms with Crippen LogP contribution in [0.1, 0.15) is 22.2 Å². The second-order valence-electron chi connectivity index (χ2n) is 3.10. The first-order valence-corrected chi connectivity index (χ1v) is 5.22. The van der Waals surface area contributed by atoms with E-state index in [1.165, 1.54) is 11.2 Å². The van der Waals surface area contributed by atoms with Gasteiger partial charge in [0.2, 0.25) is 0 Å². The van der Waals surface area contributed by atoms with E-state index >= 15 is 0 Å². The Kier molecular flexibility index (Phi) is 2.56. The Labute approximate surface area is 86.6 Å². The molecule has 0 aromatic carbocycles. The van der Waals surface area contributed by atoms with Gasteiger partial charge >= 0.3 is 0 Å². The van der Waals surface area contributed by atoms with E-state index in [9.17, 15) is 0 Å². The first-order valence-electron chi connectivity index (χ1n) is 4.34. The van der Waals surface area contributed by atoms with Crippen molar-refractivity contribution in [2.24, 2.45) is 5.73 Å². The van der Waals surface area contributed by atoms with Crippen LogP contribution < -0.4 is 5.73 Å². The molecule has 0 aliphatic heterocycles. The van der Waals surface area contributed by atoms with Gasteiger partial charge in [0.15, 0.2) is 0 Å². The summed E-state index contributed by atoms with van der Waals surface area (Å²) in [5, 5.41) is 2.07. The number of hydrogen-bond acceptors (Lipinski definition) is 4. The molecule has 0 spiro atoms. The largest absolute Gasteiger partial charge is 0.319 e. The van der Waals surface area contributed by atoms with Crippen molar-refractivity contribution in [1.29, 1.82) is 0 Å². The van der Waals surface area contributed by atoms with E-state index in [-0.39, 0.29) is 6.04 Å². The molecule has 1 unspecified atom stereocenters. The minimum Gasteiger partial charge on any atom is -0.319 e. The monoisotopic (exact) mass is 205 g/mol. The molecule has 2 rings (SSSR count). The van der Waals surface area contributed by atoms with Crippen LogP contribution in [0.5, 0.6) is 0 Å². The predicted molar refractivity (Wildman–Crippen MR) is 57.1 cm³/mol. The van der Waals surface area contributed by atoms with Crippen LogP contribution in [-0.4, -0.2) is 9.97 Å². The predicted octanol–water partition coefficient (Wildman–Crippen LogP) is 1.89. The van der Waals surface area contributed by atoms with Gasteiger partial charge in [0.1, 0.15) is 6.33 Å². The third-order valence-electron chi connectivity index (χ3n) is 2.03. The SMILES string of the molecule is Cc1cc(C(N)c2ccncn2)cs1. The molecular weight excluding hydrogens is 194 g/mol. The summed E-state index contributed by atoms with van der Waals surface area (Å²) < 4.78 is 0. The maximum absolute atomic E-state index is 6.05. The van der Waals surface area contributed by atoms with Gasteiger partial charge in [-0.05, 0) is 30.0 Å². The summed E-state index contributed by atoms with van der Waals surface area (Å²) in [4.78, 5) is 9.26. The third-order valence-corrected chi connectivity index (χ3v) is 2.91. The number of thiophene rings is 1. The first kappa shape index (κ1) is 9.30. The minimum absolute atomic E-state index is 0.136. The molecular formula is C10H11N3S. The van der Waals surface area contributed by atoms with Gasteiger partial charge in [-0.2, -0.15) is 0 Å². The summed E-state index contributed by atoms with van der Waals surface area (Å²) in [5.41, 5.74) is 8.02. The van der Waals surface area contributed by atoms with Crippen molar-refractivity contribution in [2.45, 2.75) is 13.0 Å². The molecule has 2 N–H and O–H groups in total. The molecule has 72 valence electrons. The normalized spacial score (nSPS) is 12.7. The lowest BCUT2D eigenvalue weighted by molar-refractivity contribution is 0.823. The van der Waals surface area contributed by atoms with Gasteiger partial charge in [-0.3, -0.25) is 0 Å². The zero-order chi connectivity index (χ0) is 9.97.